The number of aromatic nitrogens is 4. The van der Waals surface area contributed by atoms with Crippen molar-refractivity contribution in [2.75, 3.05) is 32.6 Å². The van der Waals surface area contributed by atoms with E-state index in [2.05, 4.69) is 79.1 Å². The van der Waals surface area contributed by atoms with Crippen molar-refractivity contribution in [2.24, 2.45) is 0 Å². The van der Waals surface area contributed by atoms with Crippen LogP contribution in [0.3, 0.4) is 0 Å². The fourth-order valence-electron chi connectivity index (χ4n) is 5.12. The number of benzene rings is 2. The van der Waals surface area contributed by atoms with Crippen LogP contribution < -0.4 is 14.8 Å². The summed E-state index contributed by atoms with van der Waals surface area (Å²) in [5.74, 6) is 1.95. The third kappa shape index (κ3) is 6.16. The van der Waals surface area contributed by atoms with Crippen LogP contribution in [0, 0.1) is 0 Å². The van der Waals surface area contributed by atoms with Crippen LogP contribution in [0.1, 0.15) is 46.0 Å². The second kappa shape index (κ2) is 11.3. The van der Waals surface area contributed by atoms with Crippen LogP contribution in [0.15, 0.2) is 48.7 Å². The van der Waals surface area contributed by atoms with Crippen LogP contribution in [0.2, 0.25) is 0 Å². The van der Waals surface area contributed by atoms with Crippen LogP contribution in [0.4, 0.5) is 11.5 Å². The molecule has 0 unspecified atom stereocenters. The molecule has 1 saturated heterocycles. The van der Waals surface area contributed by atoms with E-state index in [1.165, 1.54) is 12.7 Å². The summed E-state index contributed by atoms with van der Waals surface area (Å²) in [7, 11) is 3.12. The molecule has 0 bridgehead atoms. The highest BCUT2D eigenvalue weighted by Crippen LogP contribution is 2.33. The van der Waals surface area contributed by atoms with Gasteiger partial charge in [0.25, 0.3) is 0 Å². The van der Waals surface area contributed by atoms with Gasteiger partial charge in [0.05, 0.1) is 44.1 Å². The molecule has 1 N–H and O–H groups in total. The molecule has 0 saturated carbocycles. The lowest BCUT2D eigenvalue weighted by molar-refractivity contribution is -0.0710. The van der Waals surface area contributed by atoms with Gasteiger partial charge in [0, 0.05) is 30.4 Å². The minimum absolute atomic E-state index is 0.0857. The standard InChI is InChI=1S/C31H38N6O3/c1-19-16-37(17-20(2)40-19)18-27-34-26-14-21(25-15-32-30(39-7)36-29(25)38-6)8-13-24(26)28(35-27)33-23-11-9-22(10-12-23)31(3,4)5/h8-15,19-20H,16-18H2,1-7H3,(H,33,34,35)/t19-,20+. The van der Waals surface area contributed by atoms with Crippen LogP contribution >= 0.6 is 0 Å². The second-order valence-electron chi connectivity index (χ2n) is 11.4. The Morgan fingerprint density at radius 2 is 1.68 bits per heavy atom. The molecule has 9 heteroatoms. The van der Waals surface area contributed by atoms with E-state index in [9.17, 15) is 0 Å². The maximum atomic E-state index is 5.94. The average molecular weight is 543 g/mol. The number of methoxy groups -OCH3 is 2. The van der Waals surface area contributed by atoms with E-state index in [1.807, 2.05) is 18.2 Å². The van der Waals surface area contributed by atoms with Crippen molar-refractivity contribution < 1.29 is 14.2 Å². The van der Waals surface area contributed by atoms with Crippen molar-refractivity contribution in [1.82, 2.24) is 24.8 Å². The van der Waals surface area contributed by atoms with Crippen molar-refractivity contribution >= 4 is 22.4 Å². The van der Waals surface area contributed by atoms with Crippen molar-refractivity contribution in [2.45, 2.75) is 58.8 Å². The van der Waals surface area contributed by atoms with Gasteiger partial charge in [-0.1, -0.05) is 39.0 Å². The molecule has 9 nitrogen and oxygen atoms in total. The average Bonchev–Trinajstić information content (AvgIpc) is 2.91. The molecule has 2 aromatic heterocycles. The zero-order valence-corrected chi connectivity index (χ0v) is 24.4. The van der Waals surface area contributed by atoms with E-state index < -0.39 is 0 Å². The summed E-state index contributed by atoms with van der Waals surface area (Å²) in [4.78, 5) is 21.0. The maximum absolute atomic E-state index is 5.94. The quantitative estimate of drug-likeness (QED) is 0.313. The number of nitrogens with one attached hydrogen (secondary N) is 1. The number of fused-ring (bicyclic) bond motifs is 1. The molecular weight excluding hydrogens is 504 g/mol. The zero-order chi connectivity index (χ0) is 28.4. The minimum Gasteiger partial charge on any atom is -0.480 e. The first-order valence-electron chi connectivity index (χ1n) is 13.6. The molecule has 0 radical (unpaired) electrons. The minimum atomic E-state index is 0.0857. The highest BCUT2D eigenvalue weighted by Gasteiger charge is 2.24. The topological polar surface area (TPSA) is 94.5 Å². The van der Waals surface area contributed by atoms with Crippen LogP contribution in [0.25, 0.3) is 22.0 Å². The number of nitrogens with zero attached hydrogens (tertiary/aromatic N) is 5. The van der Waals surface area contributed by atoms with E-state index in [0.29, 0.717) is 12.4 Å². The number of morpholine rings is 1. The highest BCUT2D eigenvalue weighted by atomic mass is 16.5. The first kappa shape index (κ1) is 27.7. The summed E-state index contributed by atoms with van der Waals surface area (Å²) in [6.07, 6.45) is 2.04. The van der Waals surface area contributed by atoms with E-state index in [0.717, 1.165) is 52.4 Å². The fourth-order valence-corrected chi connectivity index (χ4v) is 5.12. The van der Waals surface area contributed by atoms with Crippen LogP contribution in [0.5, 0.6) is 11.9 Å². The van der Waals surface area contributed by atoms with Gasteiger partial charge in [0.1, 0.15) is 11.6 Å². The lowest BCUT2D eigenvalue weighted by atomic mass is 9.87. The molecule has 0 spiro atoms. The molecule has 5 rings (SSSR count). The number of anilines is 2. The molecule has 40 heavy (non-hydrogen) atoms. The lowest BCUT2D eigenvalue weighted by Crippen LogP contribution is -2.45. The third-order valence-corrected chi connectivity index (χ3v) is 7.04. The summed E-state index contributed by atoms with van der Waals surface area (Å²) in [6.45, 7) is 13.2. The first-order valence-corrected chi connectivity index (χ1v) is 13.6. The maximum Gasteiger partial charge on any atom is 0.319 e. The Balaban J connectivity index is 1.55. The Morgan fingerprint density at radius 3 is 2.33 bits per heavy atom. The summed E-state index contributed by atoms with van der Waals surface area (Å²) in [5, 5.41) is 4.48. The number of ether oxygens (including phenoxy) is 3. The third-order valence-electron chi connectivity index (χ3n) is 7.04. The molecule has 1 aliphatic heterocycles. The van der Waals surface area contributed by atoms with Crippen LogP contribution in [-0.2, 0) is 16.7 Å². The Kier molecular flexibility index (Phi) is 7.87. The molecule has 3 heterocycles. The SMILES string of the molecule is COc1ncc(-c2ccc3c(Nc4ccc(C(C)(C)C)cc4)nc(CN4C[C@@H](C)O[C@@H](C)C4)nc3c2)c(OC)n1. The first-order chi connectivity index (χ1) is 19.1. The Hall–Kier alpha value is -3.82. The van der Waals surface area contributed by atoms with Gasteiger partial charge in [-0.2, -0.15) is 4.98 Å². The molecule has 2 aromatic carbocycles. The zero-order valence-electron chi connectivity index (χ0n) is 24.4. The predicted octanol–water partition coefficient (Wildman–Crippen LogP) is 5.75. The van der Waals surface area contributed by atoms with Crippen molar-refractivity contribution in [3.8, 4) is 23.0 Å². The molecule has 0 aliphatic carbocycles. The smallest absolute Gasteiger partial charge is 0.319 e. The fraction of sp³-hybridized carbons (Fsp3) is 0.419. The second-order valence-corrected chi connectivity index (χ2v) is 11.4. The van der Waals surface area contributed by atoms with Gasteiger partial charge in [-0.15, -0.1) is 0 Å². The summed E-state index contributed by atoms with van der Waals surface area (Å²) in [6, 6.07) is 14.9. The van der Waals surface area contributed by atoms with Crippen molar-refractivity contribution in [1.29, 1.82) is 0 Å². The Labute approximate surface area is 235 Å². The van der Waals surface area contributed by atoms with Crippen molar-refractivity contribution in [3.63, 3.8) is 0 Å². The van der Waals surface area contributed by atoms with E-state index >= 15 is 0 Å². The number of hydrogen-bond acceptors (Lipinski definition) is 9. The summed E-state index contributed by atoms with van der Waals surface area (Å²) in [5.41, 5.74) is 4.81. The lowest BCUT2D eigenvalue weighted by Gasteiger charge is -2.34. The Bertz CT molecular complexity index is 1480. The van der Waals surface area contributed by atoms with Gasteiger partial charge >= 0.3 is 6.01 Å². The molecule has 1 fully saturated rings. The molecule has 1 aliphatic rings. The molecule has 0 amide bonds. The largest absolute Gasteiger partial charge is 0.480 e. The van der Waals surface area contributed by atoms with Gasteiger partial charge in [-0.3, -0.25) is 4.90 Å². The molecular formula is C31H38N6O3. The van der Waals surface area contributed by atoms with Gasteiger partial charge < -0.3 is 19.5 Å². The van der Waals surface area contributed by atoms with Gasteiger partial charge in [0.2, 0.25) is 5.88 Å². The predicted molar refractivity (Wildman–Crippen MR) is 157 cm³/mol. The molecule has 4 aromatic rings. The van der Waals surface area contributed by atoms with E-state index in [4.69, 9.17) is 24.2 Å². The molecule has 210 valence electrons. The normalized spacial score (nSPS) is 18.1. The van der Waals surface area contributed by atoms with Gasteiger partial charge in [0.15, 0.2) is 0 Å². The van der Waals surface area contributed by atoms with E-state index in [-0.39, 0.29) is 23.6 Å². The highest BCUT2D eigenvalue weighted by molar-refractivity contribution is 5.94. The van der Waals surface area contributed by atoms with Crippen LogP contribution in [-0.4, -0.2) is 64.4 Å². The van der Waals surface area contributed by atoms with Crippen molar-refractivity contribution in [3.05, 3.63) is 60.0 Å². The Morgan fingerprint density at radius 1 is 0.950 bits per heavy atom. The number of hydrogen-bond donors (Lipinski definition) is 1. The van der Waals surface area contributed by atoms with Gasteiger partial charge in [-0.25, -0.2) is 15.0 Å². The summed E-state index contributed by atoms with van der Waals surface area (Å²) >= 11 is 0. The molecule has 2 atom stereocenters. The summed E-state index contributed by atoms with van der Waals surface area (Å²) < 4.78 is 16.7. The monoisotopic (exact) mass is 542 g/mol. The van der Waals surface area contributed by atoms with E-state index in [1.54, 1.807) is 13.3 Å². The number of rotatable bonds is 7. The van der Waals surface area contributed by atoms with Gasteiger partial charge in [-0.05, 0) is 54.7 Å².